The van der Waals surface area contributed by atoms with Crippen molar-refractivity contribution < 1.29 is 9.90 Å². The molecule has 4 N–H and O–H groups in total. The summed E-state index contributed by atoms with van der Waals surface area (Å²) < 4.78 is 3.09. The van der Waals surface area contributed by atoms with Crippen LogP contribution in [-0.4, -0.2) is 25.2 Å². The molecule has 0 aromatic carbocycles. The van der Waals surface area contributed by atoms with Crippen LogP contribution in [0.2, 0.25) is 0 Å². The van der Waals surface area contributed by atoms with Crippen molar-refractivity contribution >= 4 is 17.2 Å². The molecule has 0 radical (unpaired) electrons. The van der Waals surface area contributed by atoms with Gasteiger partial charge in [-0.15, -0.1) is 0 Å². The number of hydrogen-bond acceptors (Lipinski definition) is 4. The average molecular weight is 368 g/mol. The molecule has 0 fully saturated rings. The van der Waals surface area contributed by atoms with Crippen LogP contribution >= 0.6 is 0 Å². The topological polar surface area (TPSA) is 123 Å². The van der Waals surface area contributed by atoms with Gasteiger partial charge in [-0.3, -0.25) is 19.0 Å². The molecule has 8 nitrogen and oxygen atoms in total. The second kappa shape index (κ2) is 6.55. The van der Waals surface area contributed by atoms with E-state index in [1.54, 1.807) is 0 Å². The summed E-state index contributed by atoms with van der Waals surface area (Å²) in [5.41, 5.74) is 9.30. The van der Waals surface area contributed by atoms with Crippen molar-refractivity contribution in [3.05, 3.63) is 67.8 Å². The summed E-state index contributed by atoms with van der Waals surface area (Å²) >= 11 is 0. The molecule has 0 spiro atoms. The van der Waals surface area contributed by atoms with Gasteiger partial charge in [0.2, 0.25) is 0 Å². The first-order valence-electron chi connectivity index (χ1n) is 8.86. The second-order valence-electron chi connectivity index (χ2n) is 6.85. The molecule has 2 aliphatic rings. The Hall–Kier alpha value is -3.13. The van der Waals surface area contributed by atoms with E-state index in [-0.39, 0.29) is 0 Å². The number of fused-ring (bicyclic) bond motifs is 2. The third kappa shape index (κ3) is 2.97. The number of rotatable bonds is 4. The Morgan fingerprint density at radius 2 is 2.00 bits per heavy atom. The van der Waals surface area contributed by atoms with Gasteiger partial charge in [0.25, 0.3) is 0 Å². The number of nitrogens with zero attached hydrogens (tertiary/aromatic N) is 2. The van der Waals surface area contributed by atoms with Gasteiger partial charge in [0.1, 0.15) is 6.54 Å². The van der Waals surface area contributed by atoms with E-state index in [2.05, 4.69) is 4.98 Å². The van der Waals surface area contributed by atoms with E-state index in [1.165, 1.54) is 5.57 Å². The van der Waals surface area contributed by atoms with Crippen molar-refractivity contribution in [2.24, 2.45) is 5.73 Å². The molecule has 8 heteroatoms. The van der Waals surface area contributed by atoms with Gasteiger partial charge in [0.05, 0.1) is 5.69 Å². The smallest absolute Gasteiger partial charge is 0.323 e. The summed E-state index contributed by atoms with van der Waals surface area (Å²) in [6, 6.07) is 1.96. The summed E-state index contributed by atoms with van der Waals surface area (Å²) in [6.45, 7) is -0.0810. The molecule has 2 aromatic rings. The van der Waals surface area contributed by atoms with Crippen LogP contribution in [-0.2, 0) is 24.3 Å². The van der Waals surface area contributed by atoms with Gasteiger partial charge in [-0.1, -0.05) is 5.57 Å². The first kappa shape index (κ1) is 17.3. The molecule has 2 aliphatic carbocycles. The fourth-order valence-electron chi connectivity index (χ4n) is 3.88. The number of aryl methyl sites for hydroxylation is 1. The third-order valence-electron chi connectivity index (χ3n) is 5.18. The zero-order valence-corrected chi connectivity index (χ0v) is 14.7. The highest BCUT2D eigenvalue weighted by molar-refractivity contribution is 5.84. The average Bonchev–Trinajstić information content (AvgIpc) is 3.13. The molecular weight excluding hydrogens is 348 g/mol. The minimum Gasteiger partial charge on any atom is -0.480 e. The largest absolute Gasteiger partial charge is 0.480 e. The Morgan fingerprint density at radius 1 is 1.22 bits per heavy atom. The van der Waals surface area contributed by atoms with Crippen LogP contribution in [0.5, 0.6) is 0 Å². The molecule has 0 bridgehead atoms. The molecule has 0 atom stereocenters. The van der Waals surface area contributed by atoms with Crippen molar-refractivity contribution in [1.29, 1.82) is 0 Å². The number of allylic oxidation sites excluding steroid dienone is 4. The van der Waals surface area contributed by atoms with Gasteiger partial charge in [-0.05, 0) is 43.4 Å². The SMILES string of the molecule is NCc1ccn(C2=CC3=C(CC2)CCc2[nH]c(=O)c(=O)n(CC(=O)O)c23)c1. The number of aromatic nitrogens is 3. The predicted molar refractivity (Wildman–Crippen MR) is 100 cm³/mol. The van der Waals surface area contributed by atoms with Crippen molar-refractivity contribution in [2.45, 2.75) is 38.8 Å². The lowest BCUT2D eigenvalue weighted by atomic mass is 9.84. The number of nitrogens with one attached hydrogen (secondary N) is 1. The number of carboxylic acid groups (broad SMARTS) is 1. The molecule has 0 amide bonds. The Balaban J connectivity index is 1.89. The summed E-state index contributed by atoms with van der Waals surface area (Å²) in [5.74, 6) is -1.16. The summed E-state index contributed by atoms with van der Waals surface area (Å²) in [5, 5.41) is 9.22. The Morgan fingerprint density at radius 3 is 2.70 bits per heavy atom. The highest BCUT2D eigenvalue weighted by Crippen LogP contribution is 2.38. The van der Waals surface area contributed by atoms with E-state index < -0.39 is 23.6 Å². The van der Waals surface area contributed by atoms with E-state index in [0.717, 1.165) is 40.7 Å². The lowest BCUT2D eigenvalue weighted by Gasteiger charge is -2.28. The third-order valence-corrected chi connectivity index (χ3v) is 5.18. The van der Waals surface area contributed by atoms with Crippen molar-refractivity contribution in [3.8, 4) is 0 Å². The number of carboxylic acids is 1. The van der Waals surface area contributed by atoms with E-state index in [4.69, 9.17) is 5.73 Å². The van der Waals surface area contributed by atoms with Crippen molar-refractivity contribution in [2.75, 3.05) is 0 Å². The maximum Gasteiger partial charge on any atom is 0.323 e. The fraction of sp³-hybridized carbons (Fsp3) is 0.316. The molecule has 4 rings (SSSR count). The Kier molecular flexibility index (Phi) is 4.19. The Labute approximate surface area is 154 Å². The Bertz CT molecular complexity index is 1110. The zero-order chi connectivity index (χ0) is 19.1. The standard InChI is InChI=1S/C19H20N4O4/c20-8-11-5-6-22(9-11)13-3-1-12-2-4-15-17(14(12)7-13)23(10-16(24)25)19(27)18(26)21-15/h5-7,9H,1-4,8,10,20H2,(H,21,26)(H,24,25). The maximum absolute atomic E-state index is 12.3. The summed E-state index contributed by atoms with van der Waals surface area (Å²) in [6.07, 6.45) is 8.96. The molecular formula is C19H20N4O4. The highest BCUT2D eigenvalue weighted by atomic mass is 16.4. The first-order chi connectivity index (χ1) is 13.0. The quantitative estimate of drug-likeness (QED) is 0.693. The number of hydrogen-bond donors (Lipinski definition) is 3. The van der Waals surface area contributed by atoms with E-state index in [9.17, 15) is 19.5 Å². The number of H-pyrrole nitrogens is 1. The van der Waals surface area contributed by atoms with Gasteiger partial charge in [0.15, 0.2) is 0 Å². The molecule has 2 aromatic heterocycles. The van der Waals surface area contributed by atoms with Crippen molar-refractivity contribution in [1.82, 2.24) is 14.1 Å². The lowest BCUT2D eigenvalue weighted by molar-refractivity contribution is -0.137. The van der Waals surface area contributed by atoms with E-state index in [1.807, 2.05) is 29.1 Å². The van der Waals surface area contributed by atoms with Gasteiger partial charge in [-0.25, -0.2) is 0 Å². The van der Waals surface area contributed by atoms with Gasteiger partial charge >= 0.3 is 17.1 Å². The minimum atomic E-state index is -1.16. The number of nitrogens with two attached hydrogens (primary N) is 1. The fourth-order valence-corrected chi connectivity index (χ4v) is 3.88. The lowest BCUT2D eigenvalue weighted by Crippen LogP contribution is -2.41. The molecule has 0 unspecified atom stereocenters. The van der Waals surface area contributed by atoms with Gasteiger partial charge in [-0.2, -0.15) is 0 Å². The molecule has 0 saturated carbocycles. The van der Waals surface area contributed by atoms with Crippen LogP contribution in [0, 0.1) is 0 Å². The number of carbonyl (C=O) groups is 1. The van der Waals surface area contributed by atoms with Crippen LogP contribution in [0.1, 0.15) is 36.2 Å². The second-order valence-corrected chi connectivity index (χ2v) is 6.85. The summed E-state index contributed by atoms with van der Waals surface area (Å²) in [4.78, 5) is 38.2. The van der Waals surface area contributed by atoms with E-state index in [0.29, 0.717) is 24.4 Å². The molecule has 2 heterocycles. The zero-order valence-electron chi connectivity index (χ0n) is 14.7. The number of aliphatic carboxylic acids is 1. The molecule has 140 valence electrons. The highest BCUT2D eigenvalue weighted by Gasteiger charge is 2.27. The van der Waals surface area contributed by atoms with Crippen LogP contribution in [0.15, 0.2) is 39.7 Å². The van der Waals surface area contributed by atoms with Crippen LogP contribution in [0.4, 0.5) is 0 Å². The molecule has 27 heavy (non-hydrogen) atoms. The maximum atomic E-state index is 12.3. The van der Waals surface area contributed by atoms with E-state index >= 15 is 0 Å². The molecule has 0 aliphatic heterocycles. The normalized spacial score (nSPS) is 16.0. The number of aromatic amines is 1. The van der Waals surface area contributed by atoms with Crippen LogP contribution in [0.3, 0.4) is 0 Å². The van der Waals surface area contributed by atoms with Crippen LogP contribution in [0.25, 0.3) is 11.3 Å². The van der Waals surface area contributed by atoms with Crippen LogP contribution < -0.4 is 16.9 Å². The summed E-state index contributed by atoms with van der Waals surface area (Å²) in [7, 11) is 0. The first-order valence-corrected chi connectivity index (χ1v) is 8.86. The van der Waals surface area contributed by atoms with Gasteiger partial charge in [0, 0.05) is 35.9 Å². The monoisotopic (exact) mass is 368 g/mol. The predicted octanol–water partition coefficient (Wildman–Crippen LogP) is 0.916. The van der Waals surface area contributed by atoms with Crippen molar-refractivity contribution in [3.63, 3.8) is 0 Å². The molecule has 0 saturated heterocycles. The van der Waals surface area contributed by atoms with Gasteiger partial charge < -0.3 is 20.4 Å². The minimum absolute atomic E-state index is 0.455.